The molecule has 0 N–H and O–H groups in total. The number of rotatable bonds is 5. The highest BCUT2D eigenvalue weighted by atomic mass is 16.5. The van der Waals surface area contributed by atoms with E-state index in [-0.39, 0.29) is 0 Å². The zero-order chi connectivity index (χ0) is 12.8. The Morgan fingerprint density at radius 3 is 2.50 bits per heavy atom. The Hall–Kier alpha value is -1.90. The fraction of sp³-hybridized carbons (Fsp3) is 0.333. The van der Waals surface area contributed by atoms with E-state index in [9.17, 15) is 0 Å². The minimum atomic E-state index is 0.518. The molecule has 18 heavy (non-hydrogen) atoms. The van der Waals surface area contributed by atoms with E-state index in [4.69, 9.17) is 14.2 Å². The second kappa shape index (κ2) is 6.15. The molecule has 0 heterocycles. The van der Waals surface area contributed by atoms with Crippen LogP contribution < -0.4 is 0 Å². The molecule has 0 aromatic heterocycles. The lowest BCUT2D eigenvalue weighted by atomic mass is 10.1. The minimum Gasteiger partial charge on any atom is -0.497 e. The summed E-state index contributed by atoms with van der Waals surface area (Å²) in [6.07, 6.45) is 3.81. The Kier molecular flexibility index (Phi) is 4.29. The van der Waals surface area contributed by atoms with Crippen LogP contribution in [0.5, 0.6) is 0 Å². The van der Waals surface area contributed by atoms with Crippen LogP contribution in [-0.2, 0) is 20.8 Å². The molecule has 96 valence electrons. The van der Waals surface area contributed by atoms with Crippen molar-refractivity contribution >= 4 is 0 Å². The van der Waals surface area contributed by atoms with Gasteiger partial charge in [-0.2, -0.15) is 0 Å². The van der Waals surface area contributed by atoms with Crippen molar-refractivity contribution in [2.24, 2.45) is 0 Å². The number of methoxy groups -OCH3 is 2. The van der Waals surface area contributed by atoms with E-state index in [0.717, 1.165) is 35.7 Å². The number of hydrogen-bond acceptors (Lipinski definition) is 3. The quantitative estimate of drug-likeness (QED) is 0.797. The molecule has 3 nitrogen and oxygen atoms in total. The number of hydrogen-bond donors (Lipinski definition) is 0. The van der Waals surface area contributed by atoms with Gasteiger partial charge in [-0.3, -0.25) is 0 Å². The molecule has 0 bridgehead atoms. The summed E-state index contributed by atoms with van der Waals surface area (Å²) in [5, 5.41) is 0. The van der Waals surface area contributed by atoms with Crippen molar-refractivity contribution < 1.29 is 14.2 Å². The first-order valence-corrected chi connectivity index (χ1v) is 6.03. The van der Waals surface area contributed by atoms with Gasteiger partial charge in [0.2, 0.25) is 0 Å². The standard InChI is InChI=1S/C15H18O3/c1-16-13-9-6-10-14(17-2)15(13)18-11-12-7-4-3-5-8-12/h3-5,7-9H,6,10-11H2,1-2H3. The van der Waals surface area contributed by atoms with Crippen LogP contribution in [-0.4, -0.2) is 14.2 Å². The van der Waals surface area contributed by atoms with Crippen molar-refractivity contribution in [1.82, 2.24) is 0 Å². The van der Waals surface area contributed by atoms with E-state index >= 15 is 0 Å². The van der Waals surface area contributed by atoms with Crippen LogP contribution in [0.4, 0.5) is 0 Å². The first-order chi connectivity index (χ1) is 8.85. The second-order valence-corrected chi connectivity index (χ2v) is 4.04. The lowest BCUT2D eigenvalue weighted by molar-refractivity contribution is 0.133. The number of allylic oxidation sites excluding steroid dienone is 2. The summed E-state index contributed by atoms with van der Waals surface area (Å²) >= 11 is 0. The summed E-state index contributed by atoms with van der Waals surface area (Å²) in [5.41, 5.74) is 1.13. The molecule has 1 aromatic rings. The first kappa shape index (κ1) is 12.6. The molecule has 0 saturated heterocycles. The van der Waals surface area contributed by atoms with Gasteiger partial charge >= 0.3 is 0 Å². The molecule has 1 aromatic carbocycles. The topological polar surface area (TPSA) is 27.7 Å². The molecule has 0 unspecified atom stereocenters. The van der Waals surface area contributed by atoms with E-state index in [1.807, 2.05) is 36.4 Å². The monoisotopic (exact) mass is 246 g/mol. The maximum atomic E-state index is 5.84. The molecular weight excluding hydrogens is 228 g/mol. The molecule has 0 fully saturated rings. The Bertz CT molecular complexity index is 446. The third kappa shape index (κ3) is 2.86. The van der Waals surface area contributed by atoms with Crippen LogP contribution in [0.2, 0.25) is 0 Å². The summed E-state index contributed by atoms with van der Waals surface area (Å²) < 4.78 is 16.5. The highest BCUT2D eigenvalue weighted by Gasteiger charge is 2.19. The molecule has 0 amide bonds. The van der Waals surface area contributed by atoms with Gasteiger partial charge in [-0.05, 0) is 18.1 Å². The molecule has 0 radical (unpaired) electrons. The van der Waals surface area contributed by atoms with E-state index < -0.39 is 0 Å². The van der Waals surface area contributed by atoms with Gasteiger partial charge in [-0.1, -0.05) is 30.3 Å². The number of benzene rings is 1. The van der Waals surface area contributed by atoms with Crippen molar-refractivity contribution in [2.75, 3.05) is 14.2 Å². The third-order valence-corrected chi connectivity index (χ3v) is 2.87. The van der Waals surface area contributed by atoms with Crippen LogP contribution in [0, 0.1) is 0 Å². The van der Waals surface area contributed by atoms with Gasteiger partial charge < -0.3 is 14.2 Å². The minimum absolute atomic E-state index is 0.518. The van der Waals surface area contributed by atoms with E-state index in [2.05, 4.69) is 0 Å². The molecule has 1 aliphatic carbocycles. The van der Waals surface area contributed by atoms with E-state index in [1.165, 1.54) is 0 Å². The summed E-state index contributed by atoms with van der Waals surface area (Å²) in [7, 11) is 3.32. The van der Waals surface area contributed by atoms with Crippen molar-refractivity contribution in [1.29, 1.82) is 0 Å². The second-order valence-electron chi connectivity index (χ2n) is 4.04. The lowest BCUT2D eigenvalue weighted by Gasteiger charge is -2.20. The van der Waals surface area contributed by atoms with Crippen molar-refractivity contribution in [2.45, 2.75) is 19.4 Å². The van der Waals surface area contributed by atoms with Crippen LogP contribution >= 0.6 is 0 Å². The summed E-state index contributed by atoms with van der Waals surface area (Å²) in [6, 6.07) is 10.1. The number of ether oxygens (including phenoxy) is 3. The molecule has 1 aliphatic rings. The van der Waals surface area contributed by atoms with Gasteiger partial charge in [0, 0.05) is 6.42 Å². The van der Waals surface area contributed by atoms with Gasteiger partial charge in [0.1, 0.15) is 12.4 Å². The van der Waals surface area contributed by atoms with Crippen LogP contribution in [0.25, 0.3) is 0 Å². The van der Waals surface area contributed by atoms with Gasteiger partial charge in [-0.15, -0.1) is 0 Å². The molecule has 3 heteroatoms. The van der Waals surface area contributed by atoms with E-state index in [0.29, 0.717) is 6.61 Å². The predicted octanol–water partition coefficient (Wildman–Crippen LogP) is 3.39. The summed E-state index contributed by atoms with van der Waals surface area (Å²) in [6.45, 7) is 0.518. The van der Waals surface area contributed by atoms with Crippen molar-refractivity contribution in [3.8, 4) is 0 Å². The Balaban J connectivity index is 2.10. The molecule has 2 rings (SSSR count). The fourth-order valence-electron chi connectivity index (χ4n) is 1.93. The maximum absolute atomic E-state index is 5.84. The van der Waals surface area contributed by atoms with E-state index in [1.54, 1.807) is 14.2 Å². The van der Waals surface area contributed by atoms with Crippen LogP contribution in [0.1, 0.15) is 18.4 Å². The molecule has 0 atom stereocenters. The summed E-state index contributed by atoms with van der Waals surface area (Å²) in [4.78, 5) is 0. The predicted molar refractivity (Wildman–Crippen MR) is 69.6 cm³/mol. The van der Waals surface area contributed by atoms with Crippen molar-refractivity contribution in [3.05, 3.63) is 59.2 Å². The largest absolute Gasteiger partial charge is 0.497 e. The van der Waals surface area contributed by atoms with Crippen LogP contribution in [0.15, 0.2) is 53.7 Å². The maximum Gasteiger partial charge on any atom is 0.199 e. The smallest absolute Gasteiger partial charge is 0.199 e. The fourth-order valence-corrected chi connectivity index (χ4v) is 1.93. The normalized spacial score (nSPS) is 15.1. The Morgan fingerprint density at radius 1 is 1.06 bits per heavy atom. The zero-order valence-corrected chi connectivity index (χ0v) is 10.8. The average molecular weight is 246 g/mol. The highest BCUT2D eigenvalue weighted by Crippen LogP contribution is 2.27. The lowest BCUT2D eigenvalue weighted by Crippen LogP contribution is -2.08. The van der Waals surface area contributed by atoms with Crippen molar-refractivity contribution in [3.63, 3.8) is 0 Å². The average Bonchev–Trinajstić information content (AvgIpc) is 2.45. The zero-order valence-electron chi connectivity index (χ0n) is 10.8. The molecular formula is C15H18O3. The van der Waals surface area contributed by atoms with Gasteiger partial charge in [0.25, 0.3) is 0 Å². The van der Waals surface area contributed by atoms with Gasteiger partial charge in [-0.25, -0.2) is 0 Å². The summed E-state index contributed by atoms with van der Waals surface area (Å²) in [5.74, 6) is 2.33. The molecule has 0 saturated carbocycles. The Morgan fingerprint density at radius 2 is 1.83 bits per heavy atom. The van der Waals surface area contributed by atoms with Gasteiger partial charge in [0.05, 0.1) is 14.2 Å². The van der Waals surface area contributed by atoms with Gasteiger partial charge in [0.15, 0.2) is 11.5 Å². The first-order valence-electron chi connectivity index (χ1n) is 6.03. The SMILES string of the molecule is COC1=CCCC(OC)=C1OCc1ccccc1. The Labute approximate surface area is 108 Å². The highest BCUT2D eigenvalue weighted by molar-refractivity contribution is 5.28. The third-order valence-electron chi connectivity index (χ3n) is 2.87. The molecule has 0 spiro atoms. The molecule has 0 aliphatic heterocycles. The van der Waals surface area contributed by atoms with Crippen LogP contribution in [0.3, 0.4) is 0 Å².